The summed E-state index contributed by atoms with van der Waals surface area (Å²) in [5, 5.41) is 0. The Labute approximate surface area is 140 Å². The van der Waals surface area contributed by atoms with Crippen molar-refractivity contribution in [2.45, 2.75) is 13.5 Å². The van der Waals surface area contributed by atoms with Crippen molar-refractivity contribution < 1.29 is 19.1 Å². The highest BCUT2D eigenvalue weighted by Gasteiger charge is 2.08. The summed E-state index contributed by atoms with van der Waals surface area (Å²) < 4.78 is 10.4. The van der Waals surface area contributed by atoms with Crippen LogP contribution < -0.4 is 15.6 Å². The lowest BCUT2D eigenvalue weighted by atomic mass is 10.1. The molecule has 126 valence electrons. The standard InChI is InChI=1S/C18H20N2O4/c1-13-4-3-5-16(10-13)24-12-17(21)19-20-18(22)15-8-6-14(7-9-15)11-23-2/h3-10H,11-12H2,1-2H3,(H,19,21)(H,20,22). The molecule has 6 nitrogen and oxygen atoms in total. The number of carbonyl (C=O) groups excluding carboxylic acids is 2. The van der Waals surface area contributed by atoms with Crippen molar-refractivity contribution in [1.82, 2.24) is 10.9 Å². The molecule has 0 aromatic heterocycles. The number of hydrogen-bond acceptors (Lipinski definition) is 4. The molecule has 0 unspecified atom stereocenters. The molecule has 2 N–H and O–H groups in total. The van der Waals surface area contributed by atoms with Crippen LogP contribution >= 0.6 is 0 Å². The van der Waals surface area contributed by atoms with E-state index in [2.05, 4.69) is 10.9 Å². The molecule has 0 fully saturated rings. The number of amides is 2. The predicted octanol–water partition coefficient (Wildman–Crippen LogP) is 1.98. The first-order valence-electron chi connectivity index (χ1n) is 7.45. The first kappa shape index (κ1) is 17.5. The SMILES string of the molecule is COCc1ccc(C(=O)NNC(=O)COc2cccc(C)c2)cc1. The molecule has 0 heterocycles. The number of methoxy groups -OCH3 is 1. The smallest absolute Gasteiger partial charge is 0.276 e. The van der Waals surface area contributed by atoms with Crippen LogP contribution in [-0.4, -0.2) is 25.5 Å². The Kier molecular flexibility index (Phi) is 6.33. The molecule has 6 heteroatoms. The van der Waals surface area contributed by atoms with E-state index in [9.17, 15) is 9.59 Å². The molecule has 0 radical (unpaired) electrons. The summed E-state index contributed by atoms with van der Waals surface area (Å²) in [6.45, 7) is 2.23. The maximum atomic E-state index is 11.9. The van der Waals surface area contributed by atoms with Gasteiger partial charge in [-0.1, -0.05) is 24.3 Å². The van der Waals surface area contributed by atoms with Gasteiger partial charge in [0.05, 0.1) is 6.61 Å². The van der Waals surface area contributed by atoms with Gasteiger partial charge in [-0.15, -0.1) is 0 Å². The molecule has 0 bridgehead atoms. The zero-order valence-corrected chi connectivity index (χ0v) is 13.7. The van der Waals surface area contributed by atoms with Gasteiger partial charge in [-0.2, -0.15) is 0 Å². The Hall–Kier alpha value is -2.86. The number of ether oxygens (including phenoxy) is 2. The lowest BCUT2D eigenvalue weighted by Crippen LogP contribution is -2.43. The van der Waals surface area contributed by atoms with Crippen LogP contribution in [0.5, 0.6) is 5.75 Å². The van der Waals surface area contributed by atoms with Crippen LogP contribution in [0.1, 0.15) is 21.5 Å². The average Bonchev–Trinajstić information content (AvgIpc) is 2.59. The third-order valence-electron chi connectivity index (χ3n) is 3.20. The Morgan fingerprint density at radius 1 is 1.04 bits per heavy atom. The molecule has 0 aliphatic heterocycles. The van der Waals surface area contributed by atoms with Crippen LogP contribution in [0, 0.1) is 6.92 Å². The van der Waals surface area contributed by atoms with E-state index in [1.54, 1.807) is 37.4 Å². The third kappa shape index (κ3) is 5.40. The Balaban J connectivity index is 1.77. The van der Waals surface area contributed by atoms with Gasteiger partial charge in [0.2, 0.25) is 0 Å². The fourth-order valence-corrected chi connectivity index (χ4v) is 2.01. The van der Waals surface area contributed by atoms with E-state index in [0.717, 1.165) is 11.1 Å². The summed E-state index contributed by atoms with van der Waals surface area (Å²) in [6, 6.07) is 14.3. The maximum absolute atomic E-state index is 11.9. The van der Waals surface area contributed by atoms with Crippen LogP contribution in [0.2, 0.25) is 0 Å². The molecule has 0 saturated heterocycles. The zero-order valence-electron chi connectivity index (χ0n) is 13.7. The number of carbonyl (C=O) groups is 2. The van der Waals surface area contributed by atoms with Gasteiger partial charge >= 0.3 is 0 Å². The Morgan fingerprint density at radius 2 is 1.79 bits per heavy atom. The highest BCUT2D eigenvalue weighted by molar-refractivity contribution is 5.95. The average molecular weight is 328 g/mol. The summed E-state index contributed by atoms with van der Waals surface area (Å²) in [7, 11) is 1.61. The first-order chi connectivity index (χ1) is 11.6. The van der Waals surface area contributed by atoms with Crippen LogP contribution in [0.15, 0.2) is 48.5 Å². The van der Waals surface area contributed by atoms with E-state index >= 15 is 0 Å². The van der Waals surface area contributed by atoms with Gasteiger partial charge in [-0.05, 0) is 42.3 Å². The highest BCUT2D eigenvalue weighted by Crippen LogP contribution is 2.11. The van der Waals surface area contributed by atoms with Gasteiger partial charge in [-0.25, -0.2) is 0 Å². The molecule has 2 aromatic carbocycles. The zero-order chi connectivity index (χ0) is 17.4. The Bertz CT molecular complexity index is 698. The molecular formula is C18H20N2O4. The molecule has 0 aliphatic carbocycles. The van der Waals surface area contributed by atoms with Gasteiger partial charge in [0.1, 0.15) is 5.75 Å². The lowest BCUT2D eigenvalue weighted by molar-refractivity contribution is -0.123. The highest BCUT2D eigenvalue weighted by atomic mass is 16.5. The number of hydrogen-bond donors (Lipinski definition) is 2. The number of aryl methyl sites for hydroxylation is 1. The van der Waals surface area contributed by atoms with Crippen LogP contribution in [0.4, 0.5) is 0 Å². The van der Waals surface area contributed by atoms with Gasteiger partial charge in [0.25, 0.3) is 11.8 Å². The molecule has 2 aromatic rings. The summed E-state index contributed by atoms with van der Waals surface area (Å²) in [6.07, 6.45) is 0. The van der Waals surface area contributed by atoms with Crippen molar-refractivity contribution in [3.8, 4) is 5.75 Å². The predicted molar refractivity (Wildman–Crippen MR) is 89.4 cm³/mol. The second-order valence-corrected chi connectivity index (χ2v) is 5.24. The van der Waals surface area contributed by atoms with E-state index < -0.39 is 11.8 Å². The summed E-state index contributed by atoms with van der Waals surface area (Å²) in [5.74, 6) is -0.242. The minimum atomic E-state index is -0.444. The monoisotopic (exact) mass is 328 g/mol. The van der Waals surface area contributed by atoms with E-state index in [-0.39, 0.29) is 6.61 Å². The molecule has 2 rings (SSSR count). The van der Waals surface area contributed by atoms with Crippen molar-refractivity contribution in [3.05, 3.63) is 65.2 Å². The van der Waals surface area contributed by atoms with Crippen molar-refractivity contribution in [1.29, 1.82) is 0 Å². The van der Waals surface area contributed by atoms with Crippen molar-refractivity contribution in [2.24, 2.45) is 0 Å². The maximum Gasteiger partial charge on any atom is 0.276 e. The molecule has 0 spiro atoms. The number of rotatable bonds is 6. The second kappa shape index (κ2) is 8.69. The van der Waals surface area contributed by atoms with Gasteiger partial charge in [-0.3, -0.25) is 20.4 Å². The van der Waals surface area contributed by atoms with Crippen LogP contribution in [-0.2, 0) is 16.1 Å². The van der Waals surface area contributed by atoms with Crippen LogP contribution in [0.25, 0.3) is 0 Å². The normalized spacial score (nSPS) is 10.1. The molecule has 24 heavy (non-hydrogen) atoms. The molecule has 2 amide bonds. The summed E-state index contributed by atoms with van der Waals surface area (Å²) >= 11 is 0. The topological polar surface area (TPSA) is 76.7 Å². The number of hydrazine groups is 1. The number of nitrogens with one attached hydrogen (secondary N) is 2. The van der Waals surface area contributed by atoms with Crippen LogP contribution in [0.3, 0.4) is 0 Å². The van der Waals surface area contributed by atoms with E-state index in [0.29, 0.717) is 17.9 Å². The van der Waals surface area contributed by atoms with Gasteiger partial charge < -0.3 is 9.47 Å². The van der Waals surface area contributed by atoms with E-state index in [4.69, 9.17) is 9.47 Å². The van der Waals surface area contributed by atoms with E-state index in [1.807, 2.05) is 25.1 Å². The molecule has 0 aliphatic rings. The van der Waals surface area contributed by atoms with E-state index in [1.165, 1.54) is 0 Å². The number of benzene rings is 2. The van der Waals surface area contributed by atoms with Gasteiger partial charge in [0.15, 0.2) is 6.61 Å². The molecular weight excluding hydrogens is 308 g/mol. The summed E-state index contributed by atoms with van der Waals surface area (Å²) in [5.41, 5.74) is 7.11. The minimum absolute atomic E-state index is 0.184. The molecule has 0 atom stereocenters. The largest absolute Gasteiger partial charge is 0.484 e. The second-order valence-electron chi connectivity index (χ2n) is 5.24. The minimum Gasteiger partial charge on any atom is -0.484 e. The molecule has 0 saturated carbocycles. The van der Waals surface area contributed by atoms with Crippen molar-refractivity contribution in [3.63, 3.8) is 0 Å². The van der Waals surface area contributed by atoms with Crippen molar-refractivity contribution in [2.75, 3.05) is 13.7 Å². The Morgan fingerprint density at radius 3 is 2.46 bits per heavy atom. The van der Waals surface area contributed by atoms with Crippen molar-refractivity contribution >= 4 is 11.8 Å². The first-order valence-corrected chi connectivity index (χ1v) is 7.45. The summed E-state index contributed by atoms with van der Waals surface area (Å²) in [4.78, 5) is 23.6. The lowest BCUT2D eigenvalue weighted by Gasteiger charge is -2.09. The van der Waals surface area contributed by atoms with Gasteiger partial charge in [0, 0.05) is 12.7 Å². The third-order valence-corrected chi connectivity index (χ3v) is 3.20. The quantitative estimate of drug-likeness (QED) is 0.795. The fourth-order valence-electron chi connectivity index (χ4n) is 2.01. The fraction of sp³-hybridized carbons (Fsp3) is 0.222.